The van der Waals surface area contributed by atoms with Crippen molar-refractivity contribution in [3.8, 4) is 0 Å². The molecule has 0 aliphatic carbocycles. The van der Waals surface area contributed by atoms with Gasteiger partial charge in [0.05, 0.1) is 5.52 Å². The lowest BCUT2D eigenvalue weighted by molar-refractivity contribution is -0.127. The summed E-state index contributed by atoms with van der Waals surface area (Å²) in [7, 11) is 0. The van der Waals surface area contributed by atoms with E-state index >= 15 is 0 Å². The summed E-state index contributed by atoms with van der Waals surface area (Å²) in [6, 6.07) is 4.11. The maximum atomic E-state index is 12.4. The molecule has 0 atom stereocenters. The van der Waals surface area contributed by atoms with Crippen LogP contribution in [0.1, 0.15) is 43.9 Å². The molecule has 1 aliphatic rings. The minimum atomic E-state index is -0.298. The summed E-state index contributed by atoms with van der Waals surface area (Å²) in [6.07, 6.45) is 3.21. The zero-order valence-corrected chi connectivity index (χ0v) is 14.8. The Labute approximate surface area is 141 Å². The van der Waals surface area contributed by atoms with Gasteiger partial charge in [-0.3, -0.25) is 9.36 Å². The number of carbonyl (C=O) groups excluding carboxylic acids is 1. The van der Waals surface area contributed by atoms with E-state index in [1.54, 1.807) is 10.6 Å². The number of allylic oxidation sites excluding steroid dienone is 1. The molecule has 1 aromatic carbocycles. The van der Waals surface area contributed by atoms with E-state index in [0.29, 0.717) is 18.7 Å². The van der Waals surface area contributed by atoms with E-state index < -0.39 is 0 Å². The number of aryl methyl sites for hydroxylation is 2. The molecule has 2 aromatic rings. The topological polar surface area (TPSA) is 55.5 Å². The van der Waals surface area contributed by atoms with Crippen LogP contribution in [0, 0.1) is 13.8 Å². The minimum Gasteiger partial charge on any atom is -0.407 e. The smallest absolute Gasteiger partial charge is 0.407 e. The van der Waals surface area contributed by atoms with Crippen LogP contribution in [-0.2, 0) is 4.79 Å². The number of benzene rings is 1. The molecule has 0 radical (unpaired) electrons. The first-order chi connectivity index (χ1) is 11.4. The van der Waals surface area contributed by atoms with Crippen LogP contribution in [0.3, 0.4) is 0 Å². The summed E-state index contributed by atoms with van der Waals surface area (Å²) < 4.78 is 7.26. The fourth-order valence-electron chi connectivity index (χ4n) is 3.51. The van der Waals surface area contributed by atoms with Gasteiger partial charge in [0.15, 0.2) is 5.58 Å². The van der Waals surface area contributed by atoms with Gasteiger partial charge in [-0.05, 0) is 57.7 Å². The summed E-state index contributed by atoms with van der Waals surface area (Å²) in [5.41, 5.74) is 4.65. The van der Waals surface area contributed by atoms with E-state index in [-0.39, 0.29) is 17.7 Å². The van der Waals surface area contributed by atoms with Crippen LogP contribution >= 0.6 is 0 Å². The van der Waals surface area contributed by atoms with Crippen LogP contribution in [-0.4, -0.2) is 28.5 Å². The first-order valence-electron chi connectivity index (χ1n) is 8.43. The molecule has 0 bridgehead atoms. The molecule has 0 spiro atoms. The number of amides is 1. The van der Waals surface area contributed by atoms with E-state index in [9.17, 15) is 9.59 Å². The zero-order valence-electron chi connectivity index (χ0n) is 14.8. The minimum absolute atomic E-state index is 0.0598. The summed E-state index contributed by atoms with van der Waals surface area (Å²) in [5.74, 6) is -0.239. The average Bonchev–Trinajstić information content (AvgIpc) is 2.83. The van der Waals surface area contributed by atoms with Crippen molar-refractivity contribution in [1.29, 1.82) is 0 Å². The van der Waals surface area contributed by atoms with E-state index in [0.717, 1.165) is 35.1 Å². The predicted octanol–water partition coefficient (Wildman–Crippen LogP) is 3.34. The highest BCUT2D eigenvalue weighted by atomic mass is 16.4. The van der Waals surface area contributed by atoms with Crippen molar-refractivity contribution < 1.29 is 9.21 Å². The largest absolute Gasteiger partial charge is 0.420 e. The van der Waals surface area contributed by atoms with Crippen LogP contribution in [0.5, 0.6) is 0 Å². The number of fused-ring (bicyclic) bond motifs is 1. The molecule has 128 valence electrons. The van der Waals surface area contributed by atoms with Crippen molar-refractivity contribution in [3.63, 3.8) is 0 Å². The lowest BCUT2D eigenvalue weighted by Gasteiger charge is -2.31. The molecular formula is C19H24N2O3. The van der Waals surface area contributed by atoms with E-state index in [4.69, 9.17) is 4.42 Å². The normalized spacial score (nSPS) is 15.8. The molecule has 0 N–H and O–H groups in total. The van der Waals surface area contributed by atoms with Crippen molar-refractivity contribution in [2.45, 2.75) is 46.6 Å². The molecular weight excluding hydrogens is 304 g/mol. The van der Waals surface area contributed by atoms with Crippen molar-refractivity contribution in [2.75, 3.05) is 13.1 Å². The fraction of sp³-hybridized carbons (Fsp3) is 0.474. The number of rotatable bonds is 2. The van der Waals surface area contributed by atoms with Gasteiger partial charge in [-0.15, -0.1) is 0 Å². The third-order valence-electron chi connectivity index (χ3n) is 4.60. The van der Waals surface area contributed by atoms with Crippen molar-refractivity contribution in [1.82, 2.24) is 9.47 Å². The van der Waals surface area contributed by atoms with Gasteiger partial charge in [-0.1, -0.05) is 11.6 Å². The van der Waals surface area contributed by atoms with Gasteiger partial charge in [0, 0.05) is 25.2 Å². The Kier molecular flexibility index (Phi) is 4.35. The average molecular weight is 328 g/mol. The van der Waals surface area contributed by atoms with Crippen molar-refractivity contribution in [3.05, 3.63) is 45.5 Å². The second-order valence-electron chi connectivity index (χ2n) is 6.95. The highest BCUT2D eigenvalue weighted by molar-refractivity contribution is 5.88. The maximum Gasteiger partial charge on any atom is 0.420 e. The second-order valence-corrected chi connectivity index (χ2v) is 6.95. The molecule has 3 rings (SSSR count). The predicted molar refractivity (Wildman–Crippen MR) is 94.2 cm³/mol. The molecule has 0 saturated carbocycles. The third-order valence-corrected chi connectivity index (χ3v) is 4.60. The summed E-state index contributed by atoms with van der Waals surface area (Å²) >= 11 is 0. The van der Waals surface area contributed by atoms with Gasteiger partial charge in [-0.2, -0.15) is 0 Å². The monoisotopic (exact) mass is 328 g/mol. The Bertz CT molecular complexity index is 861. The Hall–Kier alpha value is -2.30. The number of piperidine rings is 1. The molecule has 5 nitrogen and oxygen atoms in total. The highest BCUT2D eigenvalue weighted by Gasteiger charge is 2.26. The number of likely N-dealkylation sites (tertiary alicyclic amines) is 1. The van der Waals surface area contributed by atoms with Gasteiger partial charge in [0.25, 0.3) is 0 Å². The molecule has 1 amide bonds. The quantitative estimate of drug-likeness (QED) is 0.795. The molecule has 1 saturated heterocycles. The molecule has 2 heterocycles. The number of carbonyl (C=O) groups is 1. The van der Waals surface area contributed by atoms with Crippen molar-refractivity contribution >= 4 is 17.0 Å². The van der Waals surface area contributed by atoms with Gasteiger partial charge in [0.2, 0.25) is 5.91 Å². The summed E-state index contributed by atoms with van der Waals surface area (Å²) in [5, 5.41) is 0. The zero-order chi connectivity index (χ0) is 17.4. The van der Waals surface area contributed by atoms with E-state index in [1.165, 1.54) is 0 Å². The first-order valence-corrected chi connectivity index (χ1v) is 8.43. The number of nitrogens with zero attached hydrogens (tertiary/aromatic N) is 2. The third kappa shape index (κ3) is 3.03. The Morgan fingerprint density at radius 2 is 1.88 bits per heavy atom. The van der Waals surface area contributed by atoms with E-state index in [2.05, 4.69) is 0 Å². The highest BCUT2D eigenvalue weighted by Crippen LogP contribution is 2.28. The maximum absolute atomic E-state index is 12.4. The first kappa shape index (κ1) is 16.6. The van der Waals surface area contributed by atoms with E-state index in [1.807, 2.05) is 44.7 Å². The van der Waals surface area contributed by atoms with Crippen molar-refractivity contribution in [2.24, 2.45) is 0 Å². The molecule has 0 unspecified atom stereocenters. The lowest BCUT2D eigenvalue weighted by atomic mass is 10.0. The number of aromatic nitrogens is 1. The Morgan fingerprint density at radius 3 is 2.50 bits per heavy atom. The van der Waals surface area contributed by atoms with Gasteiger partial charge in [-0.25, -0.2) is 4.79 Å². The second kappa shape index (κ2) is 6.30. The fourth-order valence-corrected chi connectivity index (χ4v) is 3.51. The van der Waals surface area contributed by atoms with Crippen LogP contribution in [0.15, 0.2) is 33.0 Å². The van der Waals surface area contributed by atoms with Crippen LogP contribution in [0.2, 0.25) is 0 Å². The van der Waals surface area contributed by atoms with Crippen LogP contribution < -0.4 is 5.76 Å². The molecule has 5 heteroatoms. The number of oxazole rings is 1. The SMILES string of the molecule is CC(C)=CC(=O)N1CCC(n2c(=O)oc3c(C)cc(C)cc32)CC1. The molecule has 1 fully saturated rings. The molecule has 24 heavy (non-hydrogen) atoms. The Balaban J connectivity index is 1.86. The van der Waals surface area contributed by atoms with Gasteiger partial charge >= 0.3 is 5.76 Å². The number of hydrogen-bond acceptors (Lipinski definition) is 3. The number of hydrogen-bond donors (Lipinski definition) is 0. The molecule has 1 aliphatic heterocycles. The summed E-state index contributed by atoms with van der Waals surface area (Å²) in [4.78, 5) is 26.4. The van der Waals surface area contributed by atoms with Gasteiger partial charge in [0.1, 0.15) is 0 Å². The van der Waals surface area contributed by atoms with Crippen LogP contribution in [0.4, 0.5) is 0 Å². The molecule has 1 aromatic heterocycles. The summed E-state index contributed by atoms with van der Waals surface area (Å²) in [6.45, 7) is 9.16. The lowest BCUT2D eigenvalue weighted by Crippen LogP contribution is -2.39. The van der Waals surface area contributed by atoms with Gasteiger partial charge < -0.3 is 9.32 Å². The Morgan fingerprint density at radius 1 is 1.21 bits per heavy atom. The van der Waals surface area contributed by atoms with Crippen LogP contribution in [0.25, 0.3) is 11.1 Å². The standard InChI is InChI=1S/C19H24N2O3/c1-12(2)9-17(22)20-7-5-15(6-8-20)21-16-11-13(3)10-14(4)18(16)24-19(21)23/h9-11,15H,5-8H2,1-4H3.